The van der Waals surface area contributed by atoms with Crippen LogP contribution in [0.2, 0.25) is 0 Å². The first kappa shape index (κ1) is 14.9. The fourth-order valence-electron chi connectivity index (χ4n) is 1.92. The lowest BCUT2D eigenvalue weighted by Crippen LogP contribution is -2.06. The van der Waals surface area contributed by atoms with Gasteiger partial charge in [-0.15, -0.1) is 0 Å². The molecular weight excluding hydrogens is 316 g/mol. The molecule has 0 aliphatic rings. The molecule has 2 aromatic rings. The Morgan fingerprint density at radius 3 is 2.75 bits per heavy atom. The number of anilines is 1. The van der Waals surface area contributed by atoms with Crippen LogP contribution in [0.15, 0.2) is 41.0 Å². The molecule has 0 amide bonds. The Balaban J connectivity index is 2.03. The summed E-state index contributed by atoms with van der Waals surface area (Å²) in [6, 6.07) is 12.1. The Bertz CT molecular complexity index is 584. The number of aryl methyl sites for hydroxylation is 1. The van der Waals surface area contributed by atoms with E-state index in [0.717, 1.165) is 28.3 Å². The standard InChI is InChI=1S/C16H19BrN2O/c1-11(2)20-14-6-4-5-13(9-14)10-18-15-7-8-16(17)19-12(15)3/h4-9,11,18H,10H2,1-3H3. The molecule has 0 radical (unpaired) electrons. The van der Waals surface area contributed by atoms with Crippen molar-refractivity contribution in [3.63, 3.8) is 0 Å². The number of nitrogens with one attached hydrogen (secondary N) is 1. The first-order chi connectivity index (χ1) is 9.54. The molecule has 0 saturated heterocycles. The van der Waals surface area contributed by atoms with E-state index in [0.29, 0.717) is 0 Å². The van der Waals surface area contributed by atoms with Crippen molar-refractivity contribution in [1.29, 1.82) is 0 Å². The van der Waals surface area contributed by atoms with E-state index in [2.05, 4.69) is 38.4 Å². The van der Waals surface area contributed by atoms with Gasteiger partial charge < -0.3 is 10.1 Å². The monoisotopic (exact) mass is 334 g/mol. The van der Waals surface area contributed by atoms with E-state index in [-0.39, 0.29) is 6.10 Å². The third-order valence-electron chi connectivity index (χ3n) is 2.81. The summed E-state index contributed by atoms with van der Waals surface area (Å²) in [5.74, 6) is 0.907. The molecule has 0 saturated carbocycles. The summed E-state index contributed by atoms with van der Waals surface area (Å²) in [4.78, 5) is 4.37. The minimum Gasteiger partial charge on any atom is -0.491 e. The number of hydrogen-bond acceptors (Lipinski definition) is 3. The highest BCUT2D eigenvalue weighted by Crippen LogP contribution is 2.19. The second-order valence-electron chi connectivity index (χ2n) is 4.93. The molecule has 0 fully saturated rings. The van der Waals surface area contributed by atoms with E-state index in [9.17, 15) is 0 Å². The minimum atomic E-state index is 0.191. The Kier molecular flexibility index (Phi) is 5.01. The highest BCUT2D eigenvalue weighted by Gasteiger charge is 2.02. The molecule has 0 aliphatic carbocycles. The number of rotatable bonds is 5. The number of hydrogen-bond donors (Lipinski definition) is 1. The Labute approximate surface area is 128 Å². The maximum absolute atomic E-state index is 5.70. The Hall–Kier alpha value is -1.55. The molecule has 1 N–H and O–H groups in total. The second kappa shape index (κ2) is 6.75. The number of ether oxygens (including phenoxy) is 1. The fraction of sp³-hybridized carbons (Fsp3) is 0.312. The van der Waals surface area contributed by atoms with Gasteiger partial charge in [-0.05, 0) is 66.5 Å². The summed E-state index contributed by atoms with van der Waals surface area (Å²) in [6.07, 6.45) is 0.191. The van der Waals surface area contributed by atoms with Crippen molar-refractivity contribution < 1.29 is 4.74 Å². The molecule has 2 rings (SSSR count). The molecule has 1 aromatic carbocycles. The zero-order chi connectivity index (χ0) is 14.5. The molecule has 1 heterocycles. The average molecular weight is 335 g/mol. The van der Waals surface area contributed by atoms with E-state index in [4.69, 9.17) is 4.74 Å². The minimum absolute atomic E-state index is 0.191. The molecule has 4 heteroatoms. The number of halogens is 1. The van der Waals surface area contributed by atoms with Crippen LogP contribution in [0, 0.1) is 6.92 Å². The first-order valence-corrected chi connectivity index (χ1v) is 7.46. The summed E-state index contributed by atoms with van der Waals surface area (Å²) in [5, 5.41) is 3.40. The summed E-state index contributed by atoms with van der Waals surface area (Å²) in [7, 11) is 0. The first-order valence-electron chi connectivity index (χ1n) is 6.67. The highest BCUT2D eigenvalue weighted by atomic mass is 79.9. The van der Waals surface area contributed by atoms with E-state index < -0.39 is 0 Å². The molecular formula is C16H19BrN2O. The van der Waals surface area contributed by atoms with Crippen molar-refractivity contribution in [2.24, 2.45) is 0 Å². The van der Waals surface area contributed by atoms with Gasteiger partial charge in [-0.2, -0.15) is 0 Å². The fourth-order valence-corrected chi connectivity index (χ4v) is 2.31. The number of benzene rings is 1. The molecule has 0 spiro atoms. The maximum atomic E-state index is 5.70. The van der Waals surface area contributed by atoms with Crippen LogP contribution < -0.4 is 10.1 Å². The second-order valence-corrected chi connectivity index (χ2v) is 5.75. The van der Waals surface area contributed by atoms with Gasteiger partial charge in [-0.25, -0.2) is 4.98 Å². The van der Waals surface area contributed by atoms with Gasteiger partial charge in [0.15, 0.2) is 0 Å². The normalized spacial score (nSPS) is 10.7. The Morgan fingerprint density at radius 1 is 1.25 bits per heavy atom. The zero-order valence-electron chi connectivity index (χ0n) is 12.0. The van der Waals surface area contributed by atoms with Gasteiger partial charge >= 0.3 is 0 Å². The van der Waals surface area contributed by atoms with Crippen LogP contribution in [-0.4, -0.2) is 11.1 Å². The lowest BCUT2D eigenvalue weighted by molar-refractivity contribution is 0.242. The molecule has 0 atom stereocenters. The van der Waals surface area contributed by atoms with Gasteiger partial charge in [0.1, 0.15) is 10.4 Å². The maximum Gasteiger partial charge on any atom is 0.120 e. The molecule has 0 bridgehead atoms. The molecule has 20 heavy (non-hydrogen) atoms. The average Bonchev–Trinajstić information content (AvgIpc) is 2.37. The summed E-state index contributed by atoms with van der Waals surface area (Å²) >= 11 is 3.37. The van der Waals surface area contributed by atoms with Crippen LogP contribution in [0.5, 0.6) is 5.75 Å². The van der Waals surface area contributed by atoms with Gasteiger partial charge in [0.05, 0.1) is 17.5 Å². The third kappa shape index (κ3) is 4.23. The van der Waals surface area contributed by atoms with Gasteiger partial charge in [-0.3, -0.25) is 0 Å². The van der Waals surface area contributed by atoms with Crippen molar-refractivity contribution in [3.8, 4) is 5.75 Å². The van der Waals surface area contributed by atoms with Crippen LogP contribution in [0.4, 0.5) is 5.69 Å². The van der Waals surface area contributed by atoms with Gasteiger partial charge in [-0.1, -0.05) is 12.1 Å². The van der Waals surface area contributed by atoms with Crippen molar-refractivity contribution in [1.82, 2.24) is 4.98 Å². The summed E-state index contributed by atoms with van der Waals surface area (Å²) in [5.41, 5.74) is 3.21. The lowest BCUT2D eigenvalue weighted by atomic mass is 10.2. The van der Waals surface area contributed by atoms with Crippen LogP contribution in [0.1, 0.15) is 25.1 Å². The topological polar surface area (TPSA) is 34.2 Å². The molecule has 0 aliphatic heterocycles. The van der Waals surface area contributed by atoms with Gasteiger partial charge in [0, 0.05) is 6.54 Å². The number of nitrogens with zero attached hydrogens (tertiary/aromatic N) is 1. The quantitative estimate of drug-likeness (QED) is 0.814. The number of pyridine rings is 1. The predicted octanol–water partition coefficient (Wildman–Crippen LogP) is 4.55. The van der Waals surface area contributed by atoms with Crippen molar-refractivity contribution in [3.05, 3.63) is 52.3 Å². The molecule has 3 nitrogen and oxygen atoms in total. The SMILES string of the molecule is Cc1nc(Br)ccc1NCc1cccc(OC(C)C)c1. The molecule has 1 aromatic heterocycles. The predicted molar refractivity (Wildman–Crippen MR) is 86.2 cm³/mol. The van der Waals surface area contributed by atoms with Gasteiger partial charge in [0.2, 0.25) is 0 Å². The van der Waals surface area contributed by atoms with Crippen LogP contribution >= 0.6 is 15.9 Å². The van der Waals surface area contributed by atoms with E-state index >= 15 is 0 Å². The van der Waals surface area contributed by atoms with E-state index in [1.807, 2.05) is 45.0 Å². The lowest BCUT2D eigenvalue weighted by Gasteiger charge is -2.12. The molecule has 106 valence electrons. The highest BCUT2D eigenvalue weighted by molar-refractivity contribution is 9.10. The van der Waals surface area contributed by atoms with Gasteiger partial charge in [0.25, 0.3) is 0 Å². The largest absolute Gasteiger partial charge is 0.491 e. The van der Waals surface area contributed by atoms with Crippen molar-refractivity contribution in [2.45, 2.75) is 33.4 Å². The van der Waals surface area contributed by atoms with Crippen LogP contribution in [0.3, 0.4) is 0 Å². The molecule has 0 unspecified atom stereocenters. The summed E-state index contributed by atoms with van der Waals surface area (Å²) in [6.45, 7) is 6.80. The zero-order valence-corrected chi connectivity index (χ0v) is 13.6. The summed E-state index contributed by atoms with van der Waals surface area (Å²) < 4.78 is 6.55. The van der Waals surface area contributed by atoms with Crippen LogP contribution in [0.25, 0.3) is 0 Å². The van der Waals surface area contributed by atoms with E-state index in [1.165, 1.54) is 5.56 Å². The Morgan fingerprint density at radius 2 is 2.05 bits per heavy atom. The van der Waals surface area contributed by atoms with Crippen molar-refractivity contribution >= 4 is 21.6 Å². The van der Waals surface area contributed by atoms with Crippen molar-refractivity contribution in [2.75, 3.05) is 5.32 Å². The third-order valence-corrected chi connectivity index (χ3v) is 3.25. The van der Waals surface area contributed by atoms with E-state index in [1.54, 1.807) is 0 Å². The van der Waals surface area contributed by atoms with Crippen LogP contribution in [-0.2, 0) is 6.54 Å². The number of aromatic nitrogens is 1. The smallest absolute Gasteiger partial charge is 0.120 e.